The van der Waals surface area contributed by atoms with Crippen LogP contribution in [0, 0.1) is 11.3 Å². The quantitative estimate of drug-likeness (QED) is 0.731. The van der Waals surface area contributed by atoms with E-state index in [2.05, 4.69) is 44.6 Å². The molecule has 0 amide bonds. The van der Waals surface area contributed by atoms with Gasteiger partial charge in [-0.2, -0.15) is 5.10 Å². The Balaban J connectivity index is 2.84. The van der Waals surface area contributed by atoms with Gasteiger partial charge in [-0.15, -0.1) is 0 Å². The summed E-state index contributed by atoms with van der Waals surface area (Å²) in [7, 11) is 0. The molecule has 1 heterocycles. The van der Waals surface area contributed by atoms with Gasteiger partial charge in [0.25, 0.3) is 0 Å². The Hall–Kier alpha value is -0.870. The Morgan fingerprint density at radius 3 is 2.45 bits per heavy atom. The molecule has 0 aliphatic heterocycles. The van der Waals surface area contributed by atoms with E-state index in [0.717, 1.165) is 31.4 Å². The molecule has 1 aromatic rings. The summed E-state index contributed by atoms with van der Waals surface area (Å²) in [6.07, 6.45) is 5.92. The zero-order chi connectivity index (χ0) is 15.2. The summed E-state index contributed by atoms with van der Waals surface area (Å²) in [5, 5.41) is 14.5. The second-order valence-electron chi connectivity index (χ2n) is 6.39. The maximum atomic E-state index is 9.78. The first-order valence-corrected chi connectivity index (χ1v) is 7.85. The lowest BCUT2D eigenvalue weighted by Crippen LogP contribution is -2.38. The Bertz CT molecular complexity index is 379. The molecule has 0 saturated carbocycles. The molecule has 0 bridgehead atoms. The smallest absolute Gasteiger partial charge is 0.0631 e. The second kappa shape index (κ2) is 7.79. The van der Waals surface area contributed by atoms with Gasteiger partial charge in [-0.3, -0.25) is 4.68 Å². The molecule has 1 unspecified atom stereocenters. The number of rotatable bonds is 9. The molecule has 4 nitrogen and oxygen atoms in total. The summed E-state index contributed by atoms with van der Waals surface area (Å²) >= 11 is 0. The van der Waals surface area contributed by atoms with Crippen LogP contribution in [-0.4, -0.2) is 28.0 Å². The van der Waals surface area contributed by atoms with E-state index in [0.29, 0.717) is 18.5 Å². The monoisotopic (exact) mass is 281 g/mol. The van der Waals surface area contributed by atoms with Gasteiger partial charge in [0.1, 0.15) is 0 Å². The van der Waals surface area contributed by atoms with Crippen molar-refractivity contribution >= 4 is 0 Å². The minimum Gasteiger partial charge on any atom is -0.396 e. The van der Waals surface area contributed by atoms with Gasteiger partial charge >= 0.3 is 0 Å². The first-order chi connectivity index (χ1) is 9.50. The molecular formula is C16H31N3O. The van der Waals surface area contributed by atoms with Crippen LogP contribution in [0.4, 0.5) is 0 Å². The molecule has 0 radical (unpaired) electrons. The van der Waals surface area contributed by atoms with Gasteiger partial charge in [0.05, 0.1) is 18.3 Å². The van der Waals surface area contributed by atoms with Crippen molar-refractivity contribution in [3.8, 4) is 0 Å². The van der Waals surface area contributed by atoms with Crippen LogP contribution < -0.4 is 5.73 Å². The van der Waals surface area contributed by atoms with Crippen LogP contribution >= 0.6 is 0 Å². The molecule has 1 rings (SSSR count). The van der Waals surface area contributed by atoms with Gasteiger partial charge in [0.15, 0.2) is 0 Å². The van der Waals surface area contributed by atoms with E-state index in [4.69, 9.17) is 10.8 Å². The summed E-state index contributed by atoms with van der Waals surface area (Å²) in [5.74, 6) is 0.520. The summed E-state index contributed by atoms with van der Waals surface area (Å²) in [5.41, 5.74) is 6.74. The summed E-state index contributed by atoms with van der Waals surface area (Å²) in [6.45, 7) is 9.34. The number of nitrogens with zero attached hydrogens (tertiary/aromatic N) is 2. The lowest BCUT2D eigenvalue weighted by atomic mass is 9.77. The highest BCUT2D eigenvalue weighted by atomic mass is 16.3. The predicted octanol–water partition coefficient (Wildman–Crippen LogP) is 2.77. The SMILES string of the molecule is CCC(CC)n1ccc(CC(CN)(CO)CC(C)C)n1. The molecule has 0 saturated heterocycles. The third-order valence-corrected chi connectivity index (χ3v) is 4.15. The lowest BCUT2D eigenvalue weighted by molar-refractivity contribution is 0.106. The maximum Gasteiger partial charge on any atom is 0.0631 e. The summed E-state index contributed by atoms with van der Waals surface area (Å²) in [6, 6.07) is 2.54. The van der Waals surface area contributed by atoms with Crippen molar-refractivity contribution < 1.29 is 5.11 Å². The molecule has 0 spiro atoms. The van der Waals surface area contributed by atoms with E-state index >= 15 is 0 Å². The molecule has 0 aliphatic carbocycles. The Labute approximate surface area is 123 Å². The average molecular weight is 281 g/mol. The standard InChI is InChI=1S/C16H31N3O/c1-5-15(6-2)19-8-7-14(18-19)10-16(11-17,12-20)9-13(3)4/h7-8,13,15,20H,5-6,9-12,17H2,1-4H3. The third-order valence-electron chi connectivity index (χ3n) is 4.15. The molecule has 0 aliphatic rings. The van der Waals surface area contributed by atoms with Crippen LogP contribution in [0.5, 0.6) is 0 Å². The van der Waals surface area contributed by atoms with Crippen molar-refractivity contribution in [3.63, 3.8) is 0 Å². The fraction of sp³-hybridized carbons (Fsp3) is 0.812. The van der Waals surface area contributed by atoms with Gasteiger partial charge in [-0.1, -0.05) is 27.7 Å². The second-order valence-corrected chi connectivity index (χ2v) is 6.39. The maximum absolute atomic E-state index is 9.78. The number of aliphatic hydroxyl groups is 1. The van der Waals surface area contributed by atoms with E-state index in [1.54, 1.807) is 0 Å². The van der Waals surface area contributed by atoms with Crippen LogP contribution in [-0.2, 0) is 6.42 Å². The van der Waals surface area contributed by atoms with Gasteiger partial charge < -0.3 is 10.8 Å². The van der Waals surface area contributed by atoms with E-state index in [1.807, 2.05) is 0 Å². The first-order valence-electron chi connectivity index (χ1n) is 7.85. The number of aromatic nitrogens is 2. The minimum atomic E-state index is -0.235. The molecular weight excluding hydrogens is 250 g/mol. The molecule has 3 N–H and O–H groups in total. The fourth-order valence-electron chi connectivity index (χ4n) is 3.00. The van der Waals surface area contributed by atoms with Crippen LogP contribution in [0.15, 0.2) is 12.3 Å². The number of hydrogen-bond donors (Lipinski definition) is 2. The molecule has 1 aromatic heterocycles. The summed E-state index contributed by atoms with van der Waals surface area (Å²) in [4.78, 5) is 0. The molecule has 20 heavy (non-hydrogen) atoms. The van der Waals surface area contributed by atoms with E-state index < -0.39 is 0 Å². The van der Waals surface area contributed by atoms with Crippen LogP contribution in [0.2, 0.25) is 0 Å². The zero-order valence-electron chi connectivity index (χ0n) is 13.5. The van der Waals surface area contributed by atoms with Gasteiger partial charge in [-0.05, 0) is 31.2 Å². The van der Waals surface area contributed by atoms with Crippen molar-refractivity contribution in [2.45, 2.75) is 59.4 Å². The minimum absolute atomic E-state index is 0.125. The lowest BCUT2D eigenvalue weighted by Gasteiger charge is -2.31. The summed E-state index contributed by atoms with van der Waals surface area (Å²) < 4.78 is 2.06. The van der Waals surface area contributed by atoms with E-state index in [9.17, 15) is 5.11 Å². The van der Waals surface area contributed by atoms with Crippen molar-refractivity contribution in [1.29, 1.82) is 0 Å². The van der Waals surface area contributed by atoms with Crippen molar-refractivity contribution in [2.24, 2.45) is 17.1 Å². The number of nitrogens with two attached hydrogens (primary N) is 1. The van der Waals surface area contributed by atoms with Gasteiger partial charge in [-0.25, -0.2) is 0 Å². The van der Waals surface area contributed by atoms with Crippen molar-refractivity contribution in [2.75, 3.05) is 13.2 Å². The van der Waals surface area contributed by atoms with Crippen molar-refractivity contribution in [1.82, 2.24) is 9.78 Å². The number of hydrogen-bond acceptors (Lipinski definition) is 3. The van der Waals surface area contributed by atoms with Gasteiger partial charge in [0, 0.05) is 24.6 Å². The highest BCUT2D eigenvalue weighted by Crippen LogP contribution is 2.29. The Kier molecular flexibility index (Phi) is 6.69. The molecule has 0 aromatic carbocycles. The normalized spacial score (nSPS) is 15.0. The van der Waals surface area contributed by atoms with Crippen LogP contribution in [0.3, 0.4) is 0 Å². The van der Waals surface area contributed by atoms with Gasteiger partial charge in [0.2, 0.25) is 0 Å². The molecule has 1 atom stereocenters. The van der Waals surface area contributed by atoms with Crippen molar-refractivity contribution in [3.05, 3.63) is 18.0 Å². The van der Waals surface area contributed by atoms with Crippen LogP contribution in [0.1, 0.15) is 58.7 Å². The highest BCUT2D eigenvalue weighted by molar-refractivity contribution is 5.05. The fourth-order valence-corrected chi connectivity index (χ4v) is 3.00. The largest absolute Gasteiger partial charge is 0.396 e. The molecule has 4 heteroatoms. The third kappa shape index (κ3) is 4.32. The Morgan fingerprint density at radius 1 is 1.35 bits per heavy atom. The topological polar surface area (TPSA) is 64.1 Å². The average Bonchev–Trinajstić information content (AvgIpc) is 2.87. The van der Waals surface area contributed by atoms with Crippen LogP contribution in [0.25, 0.3) is 0 Å². The molecule has 116 valence electrons. The highest BCUT2D eigenvalue weighted by Gasteiger charge is 2.30. The zero-order valence-corrected chi connectivity index (χ0v) is 13.5. The number of aliphatic hydroxyl groups excluding tert-OH is 1. The first kappa shape index (κ1) is 17.2. The molecule has 0 fully saturated rings. The Morgan fingerprint density at radius 2 is 2.00 bits per heavy atom. The van der Waals surface area contributed by atoms with E-state index in [1.165, 1.54) is 0 Å². The predicted molar refractivity (Wildman–Crippen MR) is 83.6 cm³/mol. The van der Waals surface area contributed by atoms with E-state index in [-0.39, 0.29) is 12.0 Å².